The van der Waals surface area contributed by atoms with Gasteiger partial charge in [0.15, 0.2) is 11.5 Å². The van der Waals surface area contributed by atoms with Crippen molar-refractivity contribution in [2.24, 2.45) is 0 Å². The molecule has 1 atom stereocenters. The lowest BCUT2D eigenvalue weighted by Gasteiger charge is -2.22. The van der Waals surface area contributed by atoms with E-state index < -0.39 is 23.4 Å². The van der Waals surface area contributed by atoms with E-state index >= 15 is 0 Å². The topological polar surface area (TPSA) is 97.0 Å². The third-order valence-corrected chi connectivity index (χ3v) is 5.24. The molecular formula is C22H23N3O5. The number of urea groups is 1. The third kappa shape index (κ3) is 3.68. The fourth-order valence-electron chi connectivity index (χ4n) is 3.51. The fraction of sp³-hybridized carbons (Fsp3) is 0.318. The average molecular weight is 409 g/mol. The maximum absolute atomic E-state index is 13.0. The van der Waals surface area contributed by atoms with Crippen molar-refractivity contribution in [3.63, 3.8) is 0 Å². The molecule has 30 heavy (non-hydrogen) atoms. The van der Waals surface area contributed by atoms with Crippen LogP contribution in [0.1, 0.15) is 24.5 Å². The van der Waals surface area contributed by atoms with Crippen LogP contribution in [0.2, 0.25) is 0 Å². The predicted molar refractivity (Wildman–Crippen MR) is 109 cm³/mol. The second-order valence-corrected chi connectivity index (χ2v) is 7.57. The number of nitrogens with one attached hydrogen (secondary N) is 2. The smallest absolute Gasteiger partial charge is 0.325 e. The van der Waals surface area contributed by atoms with Crippen LogP contribution >= 0.6 is 0 Å². The molecule has 0 aliphatic carbocycles. The van der Waals surface area contributed by atoms with Crippen molar-refractivity contribution in [2.75, 3.05) is 25.1 Å². The lowest BCUT2D eigenvalue weighted by atomic mass is 9.91. The van der Waals surface area contributed by atoms with Crippen LogP contribution in [0, 0.1) is 6.92 Å². The van der Waals surface area contributed by atoms with E-state index in [9.17, 15) is 14.4 Å². The van der Waals surface area contributed by atoms with Crippen LogP contribution in [-0.2, 0) is 15.1 Å². The number of fused-ring (bicyclic) bond motifs is 1. The fourth-order valence-corrected chi connectivity index (χ4v) is 3.51. The van der Waals surface area contributed by atoms with Crippen molar-refractivity contribution < 1.29 is 23.9 Å². The van der Waals surface area contributed by atoms with E-state index in [1.807, 2.05) is 19.1 Å². The molecule has 0 aromatic heterocycles. The maximum Gasteiger partial charge on any atom is 0.325 e. The lowest BCUT2D eigenvalue weighted by molar-refractivity contribution is -0.133. The van der Waals surface area contributed by atoms with Gasteiger partial charge in [-0.05, 0) is 31.5 Å². The highest BCUT2D eigenvalue weighted by atomic mass is 16.5. The molecular weight excluding hydrogens is 386 g/mol. The number of nitrogens with zero attached hydrogens (tertiary/aromatic N) is 1. The molecule has 0 bridgehead atoms. The Hall–Kier alpha value is -3.55. The third-order valence-electron chi connectivity index (χ3n) is 5.24. The summed E-state index contributed by atoms with van der Waals surface area (Å²) in [6.45, 7) is 4.30. The van der Waals surface area contributed by atoms with E-state index in [0.29, 0.717) is 36.0 Å². The van der Waals surface area contributed by atoms with Gasteiger partial charge in [-0.2, -0.15) is 0 Å². The van der Waals surface area contributed by atoms with Gasteiger partial charge in [0.1, 0.15) is 12.1 Å². The number of rotatable bonds is 4. The van der Waals surface area contributed by atoms with Crippen molar-refractivity contribution in [3.05, 3.63) is 53.6 Å². The number of hydrogen-bond acceptors (Lipinski definition) is 5. The SMILES string of the molecule is Cc1ccc(C2(C)NC(=O)N(CC(=O)Nc3ccc4c(c3)OCCCO4)C2=O)cc1. The first-order valence-electron chi connectivity index (χ1n) is 9.77. The quantitative estimate of drug-likeness (QED) is 0.757. The summed E-state index contributed by atoms with van der Waals surface area (Å²) in [7, 11) is 0. The normalized spacial score (nSPS) is 20.5. The summed E-state index contributed by atoms with van der Waals surface area (Å²) >= 11 is 0. The molecule has 1 fully saturated rings. The molecule has 0 radical (unpaired) electrons. The molecule has 2 heterocycles. The number of benzene rings is 2. The molecule has 1 unspecified atom stereocenters. The second-order valence-electron chi connectivity index (χ2n) is 7.57. The molecule has 1 saturated heterocycles. The van der Waals surface area contributed by atoms with Gasteiger partial charge in [-0.3, -0.25) is 14.5 Å². The number of aryl methyl sites for hydroxylation is 1. The van der Waals surface area contributed by atoms with Gasteiger partial charge in [0.05, 0.1) is 13.2 Å². The van der Waals surface area contributed by atoms with Crippen molar-refractivity contribution in [3.8, 4) is 11.5 Å². The number of anilines is 1. The van der Waals surface area contributed by atoms with Crippen LogP contribution in [-0.4, -0.2) is 42.5 Å². The summed E-state index contributed by atoms with van der Waals surface area (Å²) in [6, 6.07) is 11.8. The molecule has 2 N–H and O–H groups in total. The summed E-state index contributed by atoms with van der Waals surface area (Å²) in [6.07, 6.45) is 0.780. The molecule has 2 aromatic carbocycles. The molecule has 0 saturated carbocycles. The van der Waals surface area contributed by atoms with Gasteiger partial charge in [-0.1, -0.05) is 29.8 Å². The monoisotopic (exact) mass is 409 g/mol. The number of hydrogen-bond donors (Lipinski definition) is 2. The highest BCUT2D eigenvalue weighted by Gasteiger charge is 2.49. The van der Waals surface area contributed by atoms with Gasteiger partial charge in [-0.25, -0.2) is 4.79 Å². The lowest BCUT2D eigenvalue weighted by Crippen LogP contribution is -2.42. The van der Waals surface area contributed by atoms with Crippen LogP contribution in [0.25, 0.3) is 0 Å². The van der Waals surface area contributed by atoms with Crippen LogP contribution in [0.5, 0.6) is 11.5 Å². The van der Waals surface area contributed by atoms with Crippen molar-refractivity contribution in [1.82, 2.24) is 10.2 Å². The van der Waals surface area contributed by atoms with E-state index in [-0.39, 0.29) is 6.54 Å². The van der Waals surface area contributed by atoms with Crippen molar-refractivity contribution >= 4 is 23.5 Å². The summed E-state index contributed by atoms with van der Waals surface area (Å²) in [5.74, 6) is 0.215. The van der Waals surface area contributed by atoms with Gasteiger partial charge in [-0.15, -0.1) is 0 Å². The van der Waals surface area contributed by atoms with E-state index in [2.05, 4.69) is 10.6 Å². The summed E-state index contributed by atoms with van der Waals surface area (Å²) in [5.41, 5.74) is 1.00. The Bertz CT molecular complexity index is 1000. The molecule has 2 aromatic rings. The highest BCUT2D eigenvalue weighted by molar-refractivity contribution is 6.10. The van der Waals surface area contributed by atoms with Gasteiger partial charge >= 0.3 is 6.03 Å². The zero-order valence-corrected chi connectivity index (χ0v) is 16.9. The molecule has 8 heteroatoms. The molecule has 8 nitrogen and oxygen atoms in total. The molecule has 4 rings (SSSR count). The van der Waals surface area contributed by atoms with Gasteiger partial charge in [0, 0.05) is 18.2 Å². The Morgan fingerprint density at radius 2 is 1.80 bits per heavy atom. The number of carbonyl (C=O) groups is 3. The van der Waals surface area contributed by atoms with E-state index in [0.717, 1.165) is 16.9 Å². The number of carbonyl (C=O) groups excluding carboxylic acids is 3. The molecule has 4 amide bonds. The number of ether oxygens (including phenoxy) is 2. The molecule has 0 spiro atoms. The van der Waals surface area contributed by atoms with Crippen LogP contribution in [0.3, 0.4) is 0 Å². The highest BCUT2D eigenvalue weighted by Crippen LogP contribution is 2.32. The van der Waals surface area contributed by atoms with Crippen molar-refractivity contribution in [2.45, 2.75) is 25.8 Å². The number of imide groups is 1. The standard InChI is InChI=1S/C22H23N3O5/c1-14-4-6-15(7-5-14)22(2)20(27)25(21(28)24-22)13-19(26)23-16-8-9-17-18(12-16)30-11-3-10-29-17/h4-9,12H,3,10-11,13H2,1-2H3,(H,23,26)(H,24,28). The van der Waals surface area contributed by atoms with Gasteiger partial charge < -0.3 is 20.1 Å². The Labute approximate surface area is 174 Å². The molecule has 2 aliphatic rings. The zero-order chi connectivity index (χ0) is 21.3. The van der Waals surface area contributed by atoms with E-state index in [1.54, 1.807) is 37.3 Å². The average Bonchev–Trinajstić information content (AvgIpc) is 2.88. The molecule has 2 aliphatic heterocycles. The Balaban J connectivity index is 1.46. The van der Waals surface area contributed by atoms with Crippen LogP contribution in [0.4, 0.5) is 10.5 Å². The van der Waals surface area contributed by atoms with Crippen LogP contribution < -0.4 is 20.1 Å². The largest absolute Gasteiger partial charge is 0.490 e. The van der Waals surface area contributed by atoms with Gasteiger partial charge in [0.2, 0.25) is 5.91 Å². The minimum Gasteiger partial charge on any atom is -0.490 e. The first-order valence-corrected chi connectivity index (χ1v) is 9.77. The minimum absolute atomic E-state index is 0.388. The predicted octanol–water partition coefficient (Wildman–Crippen LogP) is 2.56. The number of amides is 4. The zero-order valence-electron chi connectivity index (χ0n) is 16.9. The van der Waals surface area contributed by atoms with Crippen LogP contribution in [0.15, 0.2) is 42.5 Å². The first-order chi connectivity index (χ1) is 14.4. The Morgan fingerprint density at radius 3 is 2.53 bits per heavy atom. The van der Waals surface area contributed by atoms with E-state index in [1.165, 1.54) is 0 Å². The van der Waals surface area contributed by atoms with E-state index in [4.69, 9.17) is 9.47 Å². The minimum atomic E-state index is -1.21. The molecule has 156 valence electrons. The van der Waals surface area contributed by atoms with Crippen molar-refractivity contribution in [1.29, 1.82) is 0 Å². The van der Waals surface area contributed by atoms with Gasteiger partial charge in [0.25, 0.3) is 5.91 Å². The second kappa shape index (κ2) is 7.70. The summed E-state index contributed by atoms with van der Waals surface area (Å²) < 4.78 is 11.2. The maximum atomic E-state index is 13.0. The Morgan fingerprint density at radius 1 is 1.10 bits per heavy atom. The summed E-state index contributed by atoms with van der Waals surface area (Å²) in [5, 5.41) is 5.41. The first kappa shape index (κ1) is 19.8. The Kier molecular flexibility index (Phi) is 5.07. The summed E-state index contributed by atoms with van der Waals surface area (Å²) in [4.78, 5) is 38.9.